The highest BCUT2D eigenvalue weighted by molar-refractivity contribution is 7.98. The molecule has 0 atom stereocenters. The number of hydrogen-bond acceptors (Lipinski definition) is 7. The second-order valence-electron chi connectivity index (χ2n) is 5.56. The summed E-state index contributed by atoms with van der Waals surface area (Å²) in [6, 6.07) is 0. The standard InChI is InChI=1S/C15H21N3O2S2/c1-11-14(22-10-16-11)15-17-13(18-20-15)9-21-7-6-19-8-12-4-2-3-5-12/h10,12H,2-9H2,1H3. The normalized spacial score (nSPS) is 15.7. The minimum absolute atomic E-state index is 0.577. The van der Waals surface area contributed by atoms with Crippen LogP contribution in [0.25, 0.3) is 10.8 Å². The number of aromatic nitrogens is 3. The fourth-order valence-corrected chi connectivity index (χ4v) is 4.02. The summed E-state index contributed by atoms with van der Waals surface area (Å²) >= 11 is 3.31. The molecule has 0 aromatic carbocycles. The molecule has 0 bridgehead atoms. The van der Waals surface area contributed by atoms with Crippen molar-refractivity contribution in [2.75, 3.05) is 19.0 Å². The molecule has 120 valence electrons. The van der Waals surface area contributed by atoms with E-state index in [9.17, 15) is 0 Å². The van der Waals surface area contributed by atoms with Crippen LogP contribution in [0.2, 0.25) is 0 Å². The van der Waals surface area contributed by atoms with Crippen LogP contribution in [-0.4, -0.2) is 34.1 Å². The second-order valence-corrected chi connectivity index (χ2v) is 7.52. The summed E-state index contributed by atoms with van der Waals surface area (Å²) in [7, 11) is 0. The highest BCUT2D eigenvalue weighted by atomic mass is 32.2. The van der Waals surface area contributed by atoms with Crippen molar-refractivity contribution in [3.8, 4) is 10.8 Å². The first-order valence-electron chi connectivity index (χ1n) is 7.71. The maximum atomic E-state index is 5.74. The van der Waals surface area contributed by atoms with Crippen LogP contribution in [0, 0.1) is 12.8 Å². The first-order valence-corrected chi connectivity index (χ1v) is 9.75. The topological polar surface area (TPSA) is 61.0 Å². The Morgan fingerprint density at radius 2 is 2.27 bits per heavy atom. The minimum atomic E-state index is 0.577. The fourth-order valence-electron chi connectivity index (χ4n) is 2.62. The van der Waals surface area contributed by atoms with Gasteiger partial charge in [0, 0.05) is 12.4 Å². The lowest BCUT2D eigenvalue weighted by Crippen LogP contribution is -2.07. The maximum Gasteiger partial charge on any atom is 0.269 e. The molecular weight excluding hydrogens is 318 g/mol. The number of thiazole rings is 1. The lowest BCUT2D eigenvalue weighted by atomic mass is 10.1. The van der Waals surface area contributed by atoms with Gasteiger partial charge < -0.3 is 9.26 Å². The third-order valence-electron chi connectivity index (χ3n) is 3.84. The van der Waals surface area contributed by atoms with Gasteiger partial charge in [-0.1, -0.05) is 18.0 Å². The van der Waals surface area contributed by atoms with Crippen molar-refractivity contribution < 1.29 is 9.26 Å². The fraction of sp³-hybridized carbons (Fsp3) is 0.667. The van der Waals surface area contributed by atoms with Crippen molar-refractivity contribution in [3.05, 3.63) is 17.0 Å². The molecular formula is C15H21N3O2S2. The molecule has 1 saturated carbocycles. The van der Waals surface area contributed by atoms with E-state index in [2.05, 4.69) is 15.1 Å². The van der Waals surface area contributed by atoms with Gasteiger partial charge in [-0.15, -0.1) is 11.3 Å². The van der Waals surface area contributed by atoms with Gasteiger partial charge in [-0.25, -0.2) is 4.98 Å². The Morgan fingerprint density at radius 1 is 1.41 bits per heavy atom. The van der Waals surface area contributed by atoms with Gasteiger partial charge in [-0.2, -0.15) is 16.7 Å². The average Bonchev–Trinajstić information content (AvgIpc) is 3.24. The molecule has 0 aliphatic heterocycles. The van der Waals surface area contributed by atoms with Gasteiger partial charge in [0.05, 0.1) is 23.6 Å². The highest BCUT2D eigenvalue weighted by Crippen LogP contribution is 2.26. The molecule has 0 amide bonds. The van der Waals surface area contributed by atoms with E-state index in [1.54, 1.807) is 17.3 Å². The molecule has 0 unspecified atom stereocenters. The number of nitrogens with zero attached hydrogens (tertiary/aromatic N) is 3. The molecule has 0 N–H and O–H groups in total. The van der Waals surface area contributed by atoms with Crippen LogP contribution < -0.4 is 0 Å². The Kier molecular flexibility index (Phi) is 5.86. The number of hydrogen-bond donors (Lipinski definition) is 0. The quantitative estimate of drug-likeness (QED) is 0.679. The van der Waals surface area contributed by atoms with Gasteiger partial charge in [-0.05, 0) is 25.7 Å². The first-order chi connectivity index (χ1) is 10.8. The van der Waals surface area contributed by atoms with Gasteiger partial charge in [0.2, 0.25) is 0 Å². The Labute approximate surface area is 138 Å². The van der Waals surface area contributed by atoms with Crippen molar-refractivity contribution >= 4 is 23.1 Å². The molecule has 0 radical (unpaired) electrons. The zero-order valence-corrected chi connectivity index (χ0v) is 14.4. The third kappa shape index (κ3) is 4.30. The van der Waals surface area contributed by atoms with Crippen LogP contribution in [0.5, 0.6) is 0 Å². The average molecular weight is 339 g/mol. The molecule has 0 spiro atoms. The highest BCUT2D eigenvalue weighted by Gasteiger charge is 2.15. The van der Waals surface area contributed by atoms with E-state index in [1.165, 1.54) is 37.0 Å². The largest absolute Gasteiger partial charge is 0.380 e. The lowest BCUT2D eigenvalue weighted by molar-refractivity contribution is 0.114. The number of thioether (sulfide) groups is 1. The molecule has 5 nitrogen and oxygen atoms in total. The van der Waals surface area contributed by atoms with E-state index in [4.69, 9.17) is 9.26 Å². The maximum absolute atomic E-state index is 5.74. The van der Waals surface area contributed by atoms with Crippen molar-refractivity contribution in [2.24, 2.45) is 5.92 Å². The Hall–Kier alpha value is -0.920. The SMILES string of the molecule is Cc1ncsc1-c1nc(CSCCOCC2CCCC2)no1. The van der Waals surface area contributed by atoms with Gasteiger partial charge in [0.25, 0.3) is 5.89 Å². The first kappa shape index (κ1) is 16.0. The summed E-state index contributed by atoms with van der Waals surface area (Å²) in [6.07, 6.45) is 5.44. The van der Waals surface area contributed by atoms with Gasteiger partial charge in [-0.3, -0.25) is 0 Å². The van der Waals surface area contributed by atoms with Crippen LogP contribution in [0.4, 0.5) is 0 Å². The predicted molar refractivity (Wildman–Crippen MR) is 89.1 cm³/mol. The van der Waals surface area contributed by atoms with Crippen LogP contribution in [0.1, 0.15) is 37.2 Å². The smallest absolute Gasteiger partial charge is 0.269 e. The van der Waals surface area contributed by atoms with Crippen LogP contribution in [-0.2, 0) is 10.5 Å². The summed E-state index contributed by atoms with van der Waals surface area (Å²) in [5.74, 6) is 3.84. The van der Waals surface area contributed by atoms with E-state index < -0.39 is 0 Å². The molecule has 2 heterocycles. The molecule has 7 heteroatoms. The zero-order chi connectivity index (χ0) is 15.2. The predicted octanol–water partition coefficient (Wildman–Crippen LogP) is 3.94. The summed E-state index contributed by atoms with van der Waals surface area (Å²) in [5, 5.41) is 4.03. The van der Waals surface area contributed by atoms with Gasteiger partial charge in [0.15, 0.2) is 5.82 Å². The Balaban J connectivity index is 1.34. The van der Waals surface area contributed by atoms with E-state index in [0.29, 0.717) is 5.89 Å². The number of ether oxygens (including phenoxy) is 1. The summed E-state index contributed by atoms with van der Waals surface area (Å²) in [6.45, 7) is 3.68. The van der Waals surface area contributed by atoms with Crippen molar-refractivity contribution in [1.82, 2.24) is 15.1 Å². The molecule has 22 heavy (non-hydrogen) atoms. The molecule has 3 rings (SSSR count). The van der Waals surface area contributed by atoms with E-state index in [1.807, 2.05) is 6.92 Å². The van der Waals surface area contributed by atoms with Gasteiger partial charge >= 0.3 is 0 Å². The van der Waals surface area contributed by atoms with Crippen LogP contribution in [0.15, 0.2) is 10.0 Å². The van der Waals surface area contributed by atoms with Crippen molar-refractivity contribution in [1.29, 1.82) is 0 Å². The van der Waals surface area contributed by atoms with Crippen LogP contribution >= 0.6 is 23.1 Å². The molecule has 1 aliphatic rings. The lowest BCUT2D eigenvalue weighted by Gasteiger charge is -2.09. The van der Waals surface area contributed by atoms with E-state index >= 15 is 0 Å². The Bertz CT molecular complexity index is 579. The molecule has 0 saturated heterocycles. The van der Waals surface area contributed by atoms with Gasteiger partial charge in [0.1, 0.15) is 4.88 Å². The Morgan fingerprint density at radius 3 is 3.05 bits per heavy atom. The summed E-state index contributed by atoms with van der Waals surface area (Å²) in [5.41, 5.74) is 2.73. The van der Waals surface area contributed by atoms with E-state index in [-0.39, 0.29) is 0 Å². The minimum Gasteiger partial charge on any atom is -0.380 e. The summed E-state index contributed by atoms with van der Waals surface area (Å²) in [4.78, 5) is 9.59. The number of aryl methyl sites for hydroxylation is 1. The van der Waals surface area contributed by atoms with Crippen molar-refractivity contribution in [2.45, 2.75) is 38.4 Å². The number of rotatable bonds is 8. The van der Waals surface area contributed by atoms with E-state index in [0.717, 1.165) is 47.0 Å². The monoisotopic (exact) mass is 339 g/mol. The van der Waals surface area contributed by atoms with Crippen LogP contribution in [0.3, 0.4) is 0 Å². The van der Waals surface area contributed by atoms with Crippen molar-refractivity contribution in [3.63, 3.8) is 0 Å². The second kappa shape index (κ2) is 8.08. The molecule has 1 fully saturated rings. The molecule has 1 aliphatic carbocycles. The third-order valence-corrected chi connectivity index (χ3v) is 5.67. The summed E-state index contributed by atoms with van der Waals surface area (Å²) < 4.78 is 11.0. The molecule has 2 aromatic rings. The zero-order valence-electron chi connectivity index (χ0n) is 12.8. The molecule has 2 aromatic heterocycles.